The summed E-state index contributed by atoms with van der Waals surface area (Å²) in [6, 6.07) is 7.89. The van der Waals surface area contributed by atoms with Gasteiger partial charge in [0.05, 0.1) is 6.04 Å². The van der Waals surface area contributed by atoms with Gasteiger partial charge < -0.3 is 10.1 Å². The van der Waals surface area contributed by atoms with Crippen LogP contribution in [0.25, 0.3) is 0 Å². The lowest BCUT2D eigenvalue weighted by Gasteiger charge is -2.18. The van der Waals surface area contributed by atoms with Crippen LogP contribution >= 0.6 is 11.3 Å². The molecule has 0 amide bonds. The first kappa shape index (κ1) is 14.9. The Balaban J connectivity index is 2.32. The summed E-state index contributed by atoms with van der Waals surface area (Å²) in [5, 5.41) is 5.09. The van der Waals surface area contributed by atoms with E-state index in [1.807, 2.05) is 18.4 Å². The van der Waals surface area contributed by atoms with Gasteiger partial charge in [0, 0.05) is 4.88 Å². The number of nitrogens with one attached hydrogen (secondary N) is 1. The van der Waals surface area contributed by atoms with Crippen LogP contribution in [-0.4, -0.2) is 13.4 Å². The van der Waals surface area contributed by atoms with Gasteiger partial charge in [-0.05, 0) is 48.7 Å². The maximum Gasteiger partial charge on any atom is 0.573 e. The van der Waals surface area contributed by atoms with Gasteiger partial charge in [0.1, 0.15) is 5.75 Å². The van der Waals surface area contributed by atoms with Gasteiger partial charge in [-0.3, -0.25) is 0 Å². The van der Waals surface area contributed by atoms with Crippen LogP contribution in [0.5, 0.6) is 5.75 Å². The van der Waals surface area contributed by atoms with E-state index < -0.39 is 6.36 Å². The average Bonchev–Trinajstić information content (AvgIpc) is 2.75. The molecular weight excluding hydrogens is 287 g/mol. The van der Waals surface area contributed by atoms with Gasteiger partial charge in [-0.2, -0.15) is 0 Å². The number of rotatable bonds is 4. The lowest BCUT2D eigenvalue weighted by Crippen LogP contribution is -2.19. The predicted octanol–water partition coefficient (Wildman–Crippen LogP) is 4.26. The third-order valence-corrected chi connectivity index (χ3v) is 3.96. The second kappa shape index (κ2) is 5.85. The van der Waals surface area contributed by atoms with Crippen molar-refractivity contribution in [2.24, 2.45) is 0 Å². The van der Waals surface area contributed by atoms with Gasteiger partial charge in [-0.15, -0.1) is 24.5 Å². The lowest BCUT2D eigenvalue weighted by atomic mass is 10.0. The minimum absolute atomic E-state index is 0.146. The summed E-state index contributed by atoms with van der Waals surface area (Å²) in [4.78, 5) is 1.08. The van der Waals surface area contributed by atoms with Crippen molar-refractivity contribution in [1.82, 2.24) is 5.32 Å². The maximum atomic E-state index is 12.3. The highest BCUT2D eigenvalue weighted by atomic mass is 32.1. The molecule has 1 N–H and O–H groups in total. The molecule has 1 heterocycles. The highest BCUT2D eigenvalue weighted by Crippen LogP contribution is 2.32. The number of benzene rings is 1. The first-order valence-corrected chi connectivity index (χ1v) is 6.85. The third kappa shape index (κ3) is 3.52. The highest BCUT2D eigenvalue weighted by Gasteiger charge is 2.31. The number of thiophene rings is 1. The average molecular weight is 301 g/mol. The summed E-state index contributed by atoms with van der Waals surface area (Å²) in [7, 11) is 1.78. The number of ether oxygens (including phenoxy) is 1. The highest BCUT2D eigenvalue weighted by molar-refractivity contribution is 7.10. The smallest absolute Gasteiger partial charge is 0.406 e. The summed E-state index contributed by atoms with van der Waals surface area (Å²) in [6.45, 7) is 1.98. The quantitative estimate of drug-likeness (QED) is 0.911. The fourth-order valence-electron chi connectivity index (χ4n) is 2.02. The largest absolute Gasteiger partial charge is 0.573 e. The first-order valence-electron chi connectivity index (χ1n) is 5.97. The molecule has 1 unspecified atom stereocenters. The van der Waals surface area contributed by atoms with E-state index in [9.17, 15) is 13.2 Å². The summed E-state index contributed by atoms with van der Waals surface area (Å²) >= 11 is 1.57. The molecule has 0 aliphatic heterocycles. The van der Waals surface area contributed by atoms with Crippen LogP contribution in [0.4, 0.5) is 13.2 Å². The van der Waals surface area contributed by atoms with Crippen LogP contribution in [0.15, 0.2) is 35.7 Å². The molecule has 2 rings (SSSR count). The summed E-state index contributed by atoms with van der Waals surface area (Å²) in [6.07, 6.45) is -4.67. The van der Waals surface area contributed by atoms with E-state index in [1.165, 1.54) is 12.1 Å². The van der Waals surface area contributed by atoms with E-state index in [-0.39, 0.29) is 11.8 Å². The minimum atomic E-state index is -4.67. The van der Waals surface area contributed by atoms with Gasteiger partial charge in [0.15, 0.2) is 0 Å². The van der Waals surface area contributed by atoms with E-state index >= 15 is 0 Å². The summed E-state index contributed by atoms with van der Waals surface area (Å²) in [5.74, 6) is -0.204. The fourth-order valence-corrected chi connectivity index (χ4v) is 3.08. The van der Waals surface area contributed by atoms with Crippen molar-refractivity contribution in [3.05, 3.63) is 51.7 Å². The van der Waals surface area contributed by atoms with Crippen molar-refractivity contribution < 1.29 is 17.9 Å². The molecule has 6 heteroatoms. The van der Waals surface area contributed by atoms with E-state index in [1.54, 1.807) is 30.5 Å². The van der Waals surface area contributed by atoms with Gasteiger partial charge in [0.25, 0.3) is 0 Å². The van der Waals surface area contributed by atoms with Crippen LogP contribution in [-0.2, 0) is 0 Å². The summed E-state index contributed by atoms with van der Waals surface area (Å²) < 4.78 is 40.7. The van der Waals surface area contributed by atoms with Gasteiger partial charge in [-0.25, -0.2) is 0 Å². The summed E-state index contributed by atoms with van der Waals surface area (Å²) in [5.41, 5.74) is 1.84. The maximum absolute atomic E-state index is 12.3. The second-order valence-electron chi connectivity index (χ2n) is 4.31. The van der Waals surface area contributed by atoms with Crippen molar-refractivity contribution in [2.75, 3.05) is 7.05 Å². The molecule has 0 fully saturated rings. The number of hydrogen-bond donors (Lipinski definition) is 1. The molecule has 1 atom stereocenters. The van der Waals surface area contributed by atoms with Crippen molar-refractivity contribution in [3.8, 4) is 5.75 Å². The monoisotopic (exact) mass is 301 g/mol. The minimum Gasteiger partial charge on any atom is -0.406 e. The molecule has 2 aromatic rings. The Labute approximate surface area is 119 Å². The molecule has 2 nitrogen and oxygen atoms in total. The topological polar surface area (TPSA) is 21.3 Å². The lowest BCUT2D eigenvalue weighted by molar-refractivity contribution is -0.274. The fraction of sp³-hybridized carbons (Fsp3) is 0.286. The van der Waals surface area contributed by atoms with E-state index in [0.29, 0.717) is 0 Å². The van der Waals surface area contributed by atoms with Crippen LogP contribution < -0.4 is 10.1 Å². The number of aryl methyl sites for hydroxylation is 1. The van der Waals surface area contributed by atoms with Crippen molar-refractivity contribution in [1.29, 1.82) is 0 Å². The molecule has 108 valence electrons. The molecule has 0 bridgehead atoms. The van der Waals surface area contributed by atoms with Crippen LogP contribution in [0.2, 0.25) is 0 Å². The SMILES string of the molecule is CNC(c1cccc(OC(F)(F)F)c1)c1sccc1C. The van der Waals surface area contributed by atoms with Gasteiger partial charge in [0.2, 0.25) is 0 Å². The Morgan fingerprint density at radius 3 is 2.55 bits per heavy atom. The molecule has 1 aromatic heterocycles. The van der Waals surface area contributed by atoms with Crippen LogP contribution in [0, 0.1) is 6.92 Å². The number of alkyl halides is 3. The Morgan fingerprint density at radius 1 is 1.25 bits per heavy atom. The van der Waals surface area contributed by atoms with Crippen LogP contribution in [0.1, 0.15) is 22.0 Å². The van der Waals surface area contributed by atoms with Crippen molar-refractivity contribution >= 4 is 11.3 Å². The van der Waals surface area contributed by atoms with E-state index in [4.69, 9.17) is 0 Å². The van der Waals surface area contributed by atoms with E-state index in [2.05, 4.69) is 10.1 Å². The van der Waals surface area contributed by atoms with Crippen LogP contribution in [0.3, 0.4) is 0 Å². The number of halogens is 3. The predicted molar refractivity (Wildman–Crippen MR) is 73.1 cm³/mol. The van der Waals surface area contributed by atoms with Gasteiger partial charge in [-0.1, -0.05) is 12.1 Å². The Kier molecular flexibility index (Phi) is 4.35. The molecule has 20 heavy (non-hydrogen) atoms. The first-order chi connectivity index (χ1) is 9.40. The zero-order valence-corrected chi connectivity index (χ0v) is 11.8. The zero-order valence-electron chi connectivity index (χ0n) is 11.0. The number of hydrogen-bond acceptors (Lipinski definition) is 3. The Hall–Kier alpha value is -1.53. The molecule has 0 aliphatic rings. The zero-order chi connectivity index (χ0) is 14.8. The molecule has 0 aliphatic carbocycles. The molecule has 0 spiro atoms. The molecular formula is C14H14F3NOS. The van der Waals surface area contributed by atoms with Crippen molar-refractivity contribution in [2.45, 2.75) is 19.3 Å². The third-order valence-electron chi connectivity index (χ3n) is 2.88. The Bertz CT molecular complexity index is 580. The Morgan fingerprint density at radius 2 is 2.00 bits per heavy atom. The van der Waals surface area contributed by atoms with Crippen molar-refractivity contribution in [3.63, 3.8) is 0 Å². The normalized spacial score (nSPS) is 13.2. The standard InChI is InChI=1S/C14H14F3NOS/c1-9-6-7-20-13(9)12(18-2)10-4-3-5-11(8-10)19-14(15,16)17/h3-8,12,18H,1-2H3. The van der Waals surface area contributed by atoms with E-state index in [0.717, 1.165) is 16.0 Å². The molecule has 1 aromatic carbocycles. The van der Waals surface area contributed by atoms with Gasteiger partial charge >= 0.3 is 6.36 Å². The molecule has 0 saturated carbocycles. The molecule has 0 saturated heterocycles. The molecule has 0 radical (unpaired) electrons. The second-order valence-corrected chi connectivity index (χ2v) is 5.26.